The van der Waals surface area contributed by atoms with Crippen LogP contribution in [0, 0.1) is 5.92 Å². The second kappa shape index (κ2) is 7.78. The van der Waals surface area contributed by atoms with Crippen LogP contribution in [0.2, 0.25) is 0 Å². The molecule has 0 aromatic carbocycles. The van der Waals surface area contributed by atoms with Crippen LogP contribution in [0.3, 0.4) is 0 Å². The van der Waals surface area contributed by atoms with E-state index in [1.807, 2.05) is 11.8 Å². The van der Waals surface area contributed by atoms with Crippen LogP contribution in [0.5, 0.6) is 0 Å². The number of hydrogen-bond acceptors (Lipinski definition) is 4. The van der Waals surface area contributed by atoms with Gasteiger partial charge in [-0.15, -0.1) is 0 Å². The summed E-state index contributed by atoms with van der Waals surface area (Å²) < 4.78 is 10.3. The van der Waals surface area contributed by atoms with Crippen LogP contribution in [0.1, 0.15) is 51.9 Å². The highest BCUT2D eigenvalue weighted by molar-refractivity contribution is 5.78. The first-order valence-electron chi connectivity index (χ1n) is 8.11. The van der Waals surface area contributed by atoms with Crippen molar-refractivity contribution in [2.75, 3.05) is 20.3 Å². The fraction of sp³-hybridized carbons (Fsp3) is 0.875. The van der Waals surface area contributed by atoms with Crippen molar-refractivity contribution in [3.8, 4) is 0 Å². The maximum absolute atomic E-state index is 12.5. The molecule has 2 rings (SSSR count). The zero-order chi connectivity index (χ0) is 15.2. The average molecular weight is 297 g/mol. The fourth-order valence-electron chi connectivity index (χ4n) is 3.39. The summed E-state index contributed by atoms with van der Waals surface area (Å²) in [5.41, 5.74) is 0. The van der Waals surface area contributed by atoms with E-state index in [1.54, 1.807) is 0 Å². The molecule has 1 heterocycles. The molecule has 2 aliphatic rings. The standard InChI is InChI=1S/C16H27NO4/c1-3-21-14-8-12(9-14)10-15(18)17-7-5-4-6-13(17)11-16(19)20-2/h12-14H,3-11H2,1-2H3. The van der Waals surface area contributed by atoms with Crippen molar-refractivity contribution < 1.29 is 19.1 Å². The molecule has 1 unspecified atom stereocenters. The second-order valence-electron chi connectivity index (χ2n) is 6.14. The molecule has 0 bridgehead atoms. The number of hydrogen-bond donors (Lipinski definition) is 0. The summed E-state index contributed by atoms with van der Waals surface area (Å²) in [6.45, 7) is 3.53. The van der Waals surface area contributed by atoms with E-state index in [0.29, 0.717) is 24.9 Å². The molecule has 0 N–H and O–H groups in total. The van der Waals surface area contributed by atoms with E-state index >= 15 is 0 Å². The summed E-state index contributed by atoms with van der Waals surface area (Å²) in [6, 6.07) is 0.0291. The van der Waals surface area contributed by atoms with Gasteiger partial charge in [0.2, 0.25) is 5.91 Å². The number of carbonyl (C=O) groups is 2. The first-order chi connectivity index (χ1) is 10.1. The molecule has 0 spiro atoms. The van der Waals surface area contributed by atoms with Gasteiger partial charge in [-0.1, -0.05) is 0 Å². The molecule has 0 radical (unpaired) electrons. The Morgan fingerprint density at radius 3 is 2.62 bits per heavy atom. The van der Waals surface area contributed by atoms with Crippen LogP contribution in [0.4, 0.5) is 0 Å². The average Bonchev–Trinajstić information content (AvgIpc) is 2.45. The van der Waals surface area contributed by atoms with Crippen LogP contribution in [-0.2, 0) is 19.1 Å². The highest BCUT2D eigenvalue weighted by atomic mass is 16.5. The summed E-state index contributed by atoms with van der Waals surface area (Å²) in [5, 5.41) is 0. The summed E-state index contributed by atoms with van der Waals surface area (Å²) in [4.78, 5) is 25.9. The summed E-state index contributed by atoms with van der Waals surface area (Å²) >= 11 is 0. The van der Waals surface area contributed by atoms with Gasteiger partial charge >= 0.3 is 5.97 Å². The second-order valence-corrected chi connectivity index (χ2v) is 6.14. The van der Waals surface area contributed by atoms with Crippen LogP contribution in [0.15, 0.2) is 0 Å². The Hall–Kier alpha value is -1.10. The lowest BCUT2D eigenvalue weighted by molar-refractivity contribution is -0.145. The van der Waals surface area contributed by atoms with Gasteiger partial charge in [-0.05, 0) is 44.9 Å². The van der Waals surface area contributed by atoms with Crippen molar-refractivity contribution in [3.63, 3.8) is 0 Å². The van der Waals surface area contributed by atoms with Crippen LogP contribution < -0.4 is 0 Å². The van der Waals surface area contributed by atoms with E-state index in [2.05, 4.69) is 0 Å². The SMILES string of the molecule is CCOC1CC(CC(=O)N2CCCCC2CC(=O)OC)C1. The normalized spacial score (nSPS) is 28.9. The molecule has 2 fully saturated rings. The first-order valence-corrected chi connectivity index (χ1v) is 8.11. The molecule has 0 aromatic heterocycles. The molecule has 120 valence electrons. The third-order valence-electron chi connectivity index (χ3n) is 4.64. The van der Waals surface area contributed by atoms with Crippen LogP contribution in [0.25, 0.3) is 0 Å². The van der Waals surface area contributed by atoms with Gasteiger partial charge in [-0.2, -0.15) is 0 Å². The first kappa shape index (κ1) is 16.3. The maximum atomic E-state index is 12.5. The Labute approximate surface area is 127 Å². The smallest absolute Gasteiger partial charge is 0.307 e. The Morgan fingerprint density at radius 1 is 1.19 bits per heavy atom. The molecule has 1 amide bonds. The van der Waals surface area contributed by atoms with Crippen molar-refractivity contribution in [2.45, 2.75) is 64.0 Å². The minimum atomic E-state index is -0.222. The summed E-state index contributed by atoms with van der Waals surface area (Å²) in [5.74, 6) is 0.429. The minimum Gasteiger partial charge on any atom is -0.469 e. The number of likely N-dealkylation sites (tertiary alicyclic amines) is 1. The zero-order valence-corrected chi connectivity index (χ0v) is 13.2. The minimum absolute atomic E-state index is 0.0291. The van der Waals surface area contributed by atoms with Crippen molar-refractivity contribution in [2.24, 2.45) is 5.92 Å². The predicted octanol–water partition coefficient (Wildman–Crippen LogP) is 2.14. The number of carbonyl (C=O) groups excluding carboxylic acids is 2. The molecule has 1 atom stereocenters. The van der Waals surface area contributed by atoms with Crippen LogP contribution >= 0.6 is 0 Å². The highest BCUT2D eigenvalue weighted by Crippen LogP contribution is 2.34. The highest BCUT2D eigenvalue weighted by Gasteiger charge is 2.35. The number of rotatable bonds is 6. The van der Waals surface area contributed by atoms with E-state index in [0.717, 1.165) is 45.3 Å². The molecule has 1 aliphatic carbocycles. The number of ether oxygens (including phenoxy) is 2. The van der Waals surface area contributed by atoms with Gasteiger partial charge < -0.3 is 14.4 Å². The van der Waals surface area contributed by atoms with E-state index in [1.165, 1.54) is 7.11 Å². The molecular formula is C16H27NO4. The molecule has 5 heteroatoms. The van der Waals surface area contributed by atoms with E-state index in [4.69, 9.17) is 9.47 Å². The van der Waals surface area contributed by atoms with Gasteiger partial charge in [0.05, 0.1) is 19.6 Å². The van der Waals surface area contributed by atoms with Crippen LogP contribution in [-0.4, -0.2) is 49.2 Å². The third-order valence-corrected chi connectivity index (χ3v) is 4.64. The van der Waals surface area contributed by atoms with Crippen molar-refractivity contribution >= 4 is 11.9 Å². The molecule has 1 saturated heterocycles. The number of piperidine rings is 1. The molecule has 0 aromatic rings. The Morgan fingerprint density at radius 2 is 1.95 bits per heavy atom. The topological polar surface area (TPSA) is 55.8 Å². The fourth-order valence-corrected chi connectivity index (χ4v) is 3.39. The third kappa shape index (κ3) is 4.43. The largest absolute Gasteiger partial charge is 0.469 e. The van der Waals surface area contributed by atoms with Gasteiger partial charge in [0, 0.05) is 25.6 Å². The molecule has 1 aliphatic heterocycles. The summed E-state index contributed by atoms with van der Waals surface area (Å²) in [7, 11) is 1.40. The predicted molar refractivity (Wildman–Crippen MR) is 78.7 cm³/mol. The summed E-state index contributed by atoms with van der Waals surface area (Å²) in [6.07, 6.45) is 6.30. The Balaban J connectivity index is 1.80. The van der Waals surface area contributed by atoms with Gasteiger partial charge in [0.1, 0.15) is 0 Å². The zero-order valence-electron chi connectivity index (χ0n) is 13.2. The number of methoxy groups -OCH3 is 1. The Bertz CT molecular complexity index is 365. The van der Waals surface area contributed by atoms with Crippen molar-refractivity contribution in [3.05, 3.63) is 0 Å². The lowest BCUT2D eigenvalue weighted by atomic mass is 9.79. The van der Waals surface area contributed by atoms with Gasteiger partial charge in [-0.3, -0.25) is 9.59 Å². The number of esters is 1. The molecular weight excluding hydrogens is 270 g/mol. The van der Waals surface area contributed by atoms with E-state index < -0.39 is 0 Å². The molecule has 5 nitrogen and oxygen atoms in total. The lowest BCUT2D eigenvalue weighted by Crippen LogP contribution is -2.46. The Kier molecular flexibility index (Phi) is 6.03. The lowest BCUT2D eigenvalue weighted by Gasteiger charge is -2.39. The van der Waals surface area contributed by atoms with Gasteiger partial charge in [0.25, 0.3) is 0 Å². The van der Waals surface area contributed by atoms with E-state index in [9.17, 15) is 9.59 Å². The van der Waals surface area contributed by atoms with Gasteiger partial charge in [0.15, 0.2) is 0 Å². The van der Waals surface area contributed by atoms with Gasteiger partial charge in [-0.25, -0.2) is 0 Å². The molecule has 21 heavy (non-hydrogen) atoms. The monoisotopic (exact) mass is 297 g/mol. The molecule has 1 saturated carbocycles. The van der Waals surface area contributed by atoms with Crippen molar-refractivity contribution in [1.29, 1.82) is 0 Å². The number of amides is 1. The maximum Gasteiger partial charge on any atom is 0.307 e. The van der Waals surface area contributed by atoms with Crippen molar-refractivity contribution in [1.82, 2.24) is 4.90 Å². The number of nitrogens with zero attached hydrogens (tertiary/aromatic N) is 1. The van der Waals surface area contributed by atoms with E-state index in [-0.39, 0.29) is 17.9 Å². The quantitative estimate of drug-likeness (QED) is 0.705.